The molecule has 0 saturated carbocycles. The van der Waals surface area contributed by atoms with Gasteiger partial charge >= 0.3 is 5.97 Å². The molecule has 0 radical (unpaired) electrons. The SMILES string of the molecule is NC(=O)CC(NC(=O)c1ccc(Br)cc1)C(=O)O. The molecule has 4 N–H and O–H groups in total. The van der Waals surface area contributed by atoms with Gasteiger partial charge in [-0.25, -0.2) is 4.79 Å². The Bertz CT molecular complexity index is 472. The molecule has 1 aromatic rings. The molecule has 6 nitrogen and oxygen atoms in total. The number of hydrogen-bond donors (Lipinski definition) is 3. The molecule has 0 saturated heterocycles. The van der Waals surface area contributed by atoms with Crippen LogP contribution in [0.25, 0.3) is 0 Å². The van der Waals surface area contributed by atoms with E-state index >= 15 is 0 Å². The molecule has 2 amide bonds. The maximum Gasteiger partial charge on any atom is 0.326 e. The van der Waals surface area contributed by atoms with Gasteiger partial charge in [0.1, 0.15) is 6.04 Å². The number of rotatable bonds is 5. The van der Waals surface area contributed by atoms with Crippen molar-refractivity contribution in [2.45, 2.75) is 12.5 Å². The van der Waals surface area contributed by atoms with Crippen molar-refractivity contribution in [3.63, 3.8) is 0 Å². The molecule has 0 aromatic heterocycles. The van der Waals surface area contributed by atoms with Crippen molar-refractivity contribution in [2.75, 3.05) is 0 Å². The lowest BCUT2D eigenvalue weighted by molar-refractivity contribution is -0.140. The lowest BCUT2D eigenvalue weighted by Gasteiger charge is -2.12. The van der Waals surface area contributed by atoms with E-state index in [-0.39, 0.29) is 0 Å². The summed E-state index contributed by atoms with van der Waals surface area (Å²) in [7, 11) is 0. The van der Waals surface area contributed by atoms with Gasteiger partial charge in [-0.1, -0.05) is 15.9 Å². The second-order valence-corrected chi connectivity index (χ2v) is 4.46. The smallest absolute Gasteiger partial charge is 0.326 e. The van der Waals surface area contributed by atoms with Crippen LogP contribution < -0.4 is 11.1 Å². The molecule has 0 aliphatic heterocycles. The number of nitrogens with one attached hydrogen (secondary N) is 1. The molecule has 1 unspecified atom stereocenters. The normalized spacial score (nSPS) is 11.6. The summed E-state index contributed by atoms with van der Waals surface area (Å²) in [6.07, 6.45) is -0.447. The predicted molar refractivity (Wildman–Crippen MR) is 66.8 cm³/mol. The van der Waals surface area contributed by atoms with E-state index in [2.05, 4.69) is 21.2 Å². The van der Waals surface area contributed by atoms with Crippen LogP contribution in [0, 0.1) is 0 Å². The Kier molecular flexibility index (Phi) is 4.85. The maximum absolute atomic E-state index is 11.7. The number of nitrogens with two attached hydrogens (primary N) is 1. The number of halogens is 1. The molecular formula is C11H11BrN2O4. The summed E-state index contributed by atoms with van der Waals surface area (Å²) in [5.41, 5.74) is 5.21. The maximum atomic E-state index is 11.7. The number of carbonyl (C=O) groups is 3. The molecule has 18 heavy (non-hydrogen) atoms. The monoisotopic (exact) mass is 314 g/mol. The number of primary amides is 1. The zero-order valence-electron chi connectivity index (χ0n) is 9.22. The van der Waals surface area contributed by atoms with Gasteiger partial charge in [0.2, 0.25) is 5.91 Å². The van der Waals surface area contributed by atoms with Gasteiger partial charge in [0.25, 0.3) is 5.91 Å². The first-order valence-corrected chi connectivity index (χ1v) is 5.77. The molecular weight excluding hydrogens is 304 g/mol. The van der Waals surface area contributed by atoms with Crippen LogP contribution in [-0.2, 0) is 9.59 Å². The summed E-state index contributed by atoms with van der Waals surface area (Å²) < 4.78 is 0.797. The highest BCUT2D eigenvalue weighted by Crippen LogP contribution is 2.10. The van der Waals surface area contributed by atoms with Gasteiger partial charge in [0.05, 0.1) is 6.42 Å². The van der Waals surface area contributed by atoms with Gasteiger partial charge in [-0.05, 0) is 24.3 Å². The Balaban J connectivity index is 2.75. The van der Waals surface area contributed by atoms with Crippen LogP contribution in [0.5, 0.6) is 0 Å². The van der Waals surface area contributed by atoms with Crippen molar-refractivity contribution in [3.05, 3.63) is 34.3 Å². The third kappa shape index (κ3) is 4.17. The number of carboxylic acids is 1. The van der Waals surface area contributed by atoms with Gasteiger partial charge in [0.15, 0.2) is 0 Å². The highest BCUT2D eigenvalue weighted by Gasteiger charge is 2.22. The fraction of sp³-hybridized carbons (Fsp3) is 0.182. The number of amides is 2. The quantitative estimate of drug-likeness (QED) is 0.735. The minimum atomic E-state index is -1.32. The lowest BCUT2D eigenvalue weighted by atomic mass is 10.1. The molecule has 1 atom stereocenters. The molecule has 0 aliphatic rings. The first-order chi connectivity index (χ1) is 8.40. The van der Waals surface area contributed by atoms with E-state index in [0.717, 1.165) is 4.47 Å². The van der Waals surface area contributed by atoms with Gasteiger partial charge < -0.3 is 16.2 Å². The number of carboxylic acid groups (broad SMARTS) is 1. The Labute approximate surface area is 111 Å². The molecule has 0 heterocycles. The standard InChI is InChI=1S/C11H11BrN2O4/c12-7-3-1-6(2-4-7)10(16)14-8(11(17)18)5-9(13)15/h1-4,8H,5H2,(H2,13,15)(H,14,16)(H,17,18). The van der Waals surface area contributed by atoms with Crippen molar-refractivity contribution >= 4 is 33.7 Å². The molecule has 96 valence electrons. The van der Waals surface area contributed by atoms with Gasteiger partial charge in [-0.15, -0.1) is 0 Å². The van der Waals surface area contributed by atoms with E-state index in [1.54, 1.807) is 12.1 Å². The van der Waals surface area contributed by atoms with Gasteiger partial charge in [-0.3, -0.25) is 9.59 Å². The van der Waals surface area contributed by atoms with Gasteiger partial charge in [-0.2, -0.15) is 0 Å². The fourth-order valence-electron chi connectivity index (χ4n) is 1.24. The summed E-state index contributed by atoms with van der Waals surface area (Å²) in [5, 5.41) is 11.1. The molecule has 0 spiro atoms. The highest BCUT2D eigenvalue weighted by molar-refractivity contribution is 9.10. The largest absolute Gasteiger partial charge is 0.480 e. The van der Waals surface area contributed by atoms with E-state index in [4.69, 9.17) is 10.8 Å². The third-order valence-electron chi connectivity index (χ3n) is 2.12. The van der Waals surface area contributed by atoms with E-state index in [0.29, 0.717) is 5.56 Å². The highest BCUT2D eigenvalue weighted by atomic mass is 79.9. The van der Waals surface area contributed by atoms with E-state index < -0.39 is 30.2 Å². The minimum Gasteiger partial charge on any atom is -0.480 e. The van der Waals surface area contributed by atoms with E-state index in [1.807, 2.05) is 0 Å². The molecule has 0 bridgehead atoms. The van der Waals surface area contributed by atoms with Crippen molar-refractivity contribution in [3.8, 4) is 0 Å². The first kappa shape index (κ1) is 14.2. The predicted octanol–water partition coefficient (Wildman–Crippen LogP) is 0.507. The summed E-state index contributed by atoms with van der Waals surface area (Å²) in [5.74, 6) is -2.67. The van der Waals surface area contributed by atoms with Crippen LogP contribution in [0.3, 0.4) is 0 Å². The van der Waals surface area contributed by atoms with Crippen LogP contribution in [0.2, 0.25) is 0 Å². The number of carbonyl (C=O) groups excluding carboxylic acids is 2. The Morgan fingerprint density at radius 1 is 1.28 bits per heavy atom. The zero-order valence-corrected chi connectivity index (χ0v) is 10.8. The number of hydrogen-bond acceptors (Lipinski definition) is 3. The van der Waals surface area contributed by atoms with Crippen LogP contribution in [-0.4, -0.2) is 28.9 Å². The van der Waals surface area contributed by atoms with E-state index in [1.165, 1.54) is 12.1 Å². The summed E-state index contributed by atoms with van der Waals surface area (Å²) in [6, 6.07) is 5.04. The van der Waals surface area contributed by atoms with Crippen molar-refractivity contribution in [1.29, 1.82) is 0 Å². The molecule has 0 fully saturated rings. The number of benzene rings is 1. The molecule has 1 aromatic carbocycles. The Hall–Kier alpha value is -1.89. The second-order valence-electron chi connectivity index (χ2n) is 3.54. The second kappa shape index (κ2) is 6.15. The number of aliphatic carboxylic acids is 1. The Morgan fingerprint density at radius 3 is 2.28 bits per heavy atom. The molecule has 7 heteroatoms. The van der Waals surface area contributed by atoms with Crippen LogP contribution in [0.1, 0.15) is 16.8 Å². The van der Waals surface area contributed by atoms with Gasteiger partial charge in [0, 0.05) is 10.0 Å². The average molecular weight is 315 g/mol. The van der Waals surface area contributed by atoms with Crippen LogP contribution >= 0.6 is 15.9 Å². The van der Waals surface area contributed by atoms with Crippen LogP contribution in [0.4, 0.5) is 0 Å². The first-order valence-electron chi connectivity index (χ1n) is 4.97. The zero-order chi connectivity index (χ0) is 13.7. The summed E-state index contributed by atoms with van der Waals surface area (Å²) >= 11 is 3.21. The summed E-state index contributed by atoms with van der Waals surface area (Å²) in [6.45, 7) is 0. The average Bonchev–Trinajstić information content (AvgIpc) is 2.28. The minimum absolute atomic E-state index is 0.300. The molecule has 0 aliphatic carbocycles. The topological polar surface area (TPSA) is 109 Å². The molecule has 1 rings (SSSR count). The van der Waals surface area contributed by atoms with E-state index in [9.17, 15) is 14.4 Å². The van der Waals surface area contributed by atoms with Crippen molar-refractivity contribution < 1.29 is 19.5 Å². The lowest BCUT2D eigenvalue weighted by Crippen LogP contribution is -2.43. The third-order valence-corrected chi connectivity index (χ3v) is 2.64. The van der Waals surface area contributed by atoms with Crippen molar-refractivity contribution in [2.24, 2.45) is 5.73 Å². The van der Waals surface area contributed by atoms with Crippen molar-refractivity contribution in [1.82, 2.24) is 5.32 Å². The summed E-state index contributed by atoms with van der Waals surface area (Å²) in [4.78, 5) is 33.2. The fourth-order valence-corrected chi connectivity index (χ4v) is 1.51. The Morgan fingerprint density at radius 2 is 1.83 bits per heavy atom. The van der Waals surface area contributed by atoms with Crippen LogP contribution in [0.15, 0.2) is 28.7 Å².